The summed E-state index contributed by atoms with van der Waals surface area (Å²) in [4.78, 5) is 4.23. The highest BCUT2D eigenvalue weighted by atomic mass is 79.9. The number of nitrogens with zero attached hydrogens (tertiary/aromatic N) is 1. The molecule has 0 radical (unpaired) electrons. The van der Waals surface area contributed by atoms with Crippen LogP contribution in [0.4, 0.5) is 0 Å². The molecular formula is C11H15BrN2OS. The van der Waals surface area contributed by atoms with Crippen LogP contribution in [0.15, 0.2) is 27.8 Å². The van der Waals surface area contributed by atoms with Gasteiger partial charge in [0.05, 0.1) is 10.8 Å². The van der Waals surface area contributed by atoms with Gasteiger partial charge in [0.15, 0.2) is 0 Å². The third-order valence-electron chi connectivity index (χ3n) is 2.71. The minimum absolute atomic E-state index is 0.523. The second-order valence-corrected chi connectivity index (χ2v) is 6.28. The van der Waals surface area contributed by atoms with E-state index in [4.69, 9.17) is 0 Å². The summed E-state index contributed by atoms with van der Waals surface area (Å²) in [6, 6.07) is 5.56. The van der Waals surface area contributed by atoms with Crippen LogP contribution in [-0.4, -0.2) is 28.0 Å². The zero-order valence-corrected chi connectivity index (χ0v) is 11.4. The maximum atomic E-state index is 12.1. The third kappa shape index (κ3) is 3.37. The summed E-state index contributed by atoms with van der Waals surface area (Å²) in [5.41, 5.74) is 0. The fourth-order valence-corrected chi connectivity index (χ4v) is 3.66. The maximum absolute atomic E-state index is 12.1. The molecule has 0 amide bonds. The molecule has 1 aliphatic heterocycles. The highest BCUT2D eigenvalue weighted by molar-refractivity contribution is 9.10. The van der Waals surface area contributed by atoms with Crippen molar-refractivity contribution in [2.24, 2.45) is 5.92 Å². The van der Waals surface area contributed by atoms with E-state index in [0.29, 0.717) is 10.9 Å². The quantitative estimate of drug-likeness (QED) is 0.868. The van der Waals surface area contributed by atoms with E-state index in [1.54, 1.807) is 0 Å². The molecule has 0 aliphatic carbocycles. The van der Waals surface area contributed by atoms with Gasteiger partial charge in [-0.1, -0.05) is 6.07 Å². The molecule has 1 N–H and O–H groups in total. The van der Waals surface area contributed by atoms with Crippen molar-refractivity contribution in [2.45, 2.75) is 17.9 Å². The van der Waals surface area contributed by atoms with E-state index in [1.165, 1.54) is 12.8 Å². The van der Waals surface area contributed by atoms with Crippen molar-refractivity contribution in [3.05, 3.63) is 22.8 Å². The van der Waals surface area contributed by atoms with Crippen molar-refractivity contribution in [3.8, 4) is 0 Å². The molecule has 16 heavy (non-hydrogen) atoms. The van der Waals surface area contributed by atoms with Gasteiger partial charge >= 0.3 is 0 Å². The molecule has 5 heteroatoms. The second kappa shape index (κ2) is 5.89. The van der Waals surface area contributed by atoms with E-state index in [1.807, 2.05) is 18.2 Å². The number of hydrogen-bond donors (Lipinski definition) is 1. The average molecular weight is 303 g/mol. The van der Waals surface area contributed by atoms with Crippen molar-refractivity contribution in [1.29, 1.82) is 0 Å². The van der Waals surface area contributed by atoms with Crippen LogP contribution >= 0.6 is 15.9 Å². The topological polar surface area (TPSA) is 42.0 Å². The van der Waals surface area contributed by atoms with Crippen LogP contribution in [0.3, 0.4) is 0 Å². The number of rotatable bonds is 3. The Kier molecular flexibility index (Phi) is 4.49. The van der Waals surface area contributed by atoms with Gasteiger partial charge in [-0.3, -0.25) is 4.21 Å². The highest BCUT2D eigenvalue weighted by Crippen LogP contribution is 2.16. The van der Waals surface area contributed by atoms with Crippen LogP contribution in [0.5, 0.6) is 0 Å². The number of halogens is 1. The number of piperidine rings is 1. The summed E-state index contributed by atoms with van der Waals surface area (Å²) in [7, 11) is -0.972. The second-order valence-electron chi connectivity index (χ2n) is 4.02. The average Bonchev–Trinajstić information content (AvgIpc) is 2.30. The Balaban J connectivity index is 1.97. The zero-order valence-electron chi connectivity index (χ0n) is 8.99. The Morgan fingerprint density at radius 1 is 1.56 bits per heavy atom. The summed E-state index contributed by atoms with van der Waals surface area (Å²) < 4.78 is 12.8. The zero-order chi connectivity index (χ0) is 11.4. The summed E-state index contributed by atoms with van der Waals surface area (Å²) in [6.07, 6.45) is 2.36. The molecule has 1 saturated heterocycles. The predicted octanol–water partition coefficient (Wildman–Crippen LogP) is 1.95. The molecule has 0 unspecified atom stereocenters. The minimum atomic E-state index is -0.972. The number of pyridine rings is 1. The van der Waals surface area contributed by atoms with Gasteiger partial charge in [0.1, 0.15) is 9.63 Å². The fourth-order valence-electron chi connectivity index (χ4n) is 1.88. The van der Waals surface area contributed by atoms with Gasteiger partial charge in [-0.15, -0.1) is 0 Å². The predicted molar refractivity (Wildman–Crippen MR) is 68.8 cm³/mol. The van der Waals surface area contributed by atoms with Crippen molar-refractivity contribution in [3.63, 3.8) is 0 Å². The van der Waals surface area contributed by atoms with Gasteiger partial charge in [-0.05, 0) is 59.9 Å². The molecule has 0 bridgehead atoms. The summed E-state index contributed by atoms with van der Waals surface area (Å²) in [6.45, 7) is 2.08. The van der Waals surface area contributed by atoms with Crippen LogP contribution in [0.25, 0.3) is 0 Å². The molecular weight excluding hydrogens is 288 g/mol. The summed E-state index contributed by atoms with van der Waals surface area (Å²) in [5.74, 6) is 1.24. The SMILES string of the molecule is O=[S@](C[C@@H]1CCCNC1)c1cccc(Br)n1. The Labute approximate surface area is 107 Å². The van der Waals surface area contributed by atoms with E-state index in [2.05, 4.69) is 26.2 Å². The van der Waals surface area contributed by atoms with Crippen LogP contribution < -0.4 is 5.32 Å². The van der Waals surface area contributed by atoms with Gasteiger partial charge in [-0.25, -0.2) is 4.98 Å². The van der Waals surface area contributed by atoms with Crippen LogP contribution in [0, 0.1) is 5.92 Å². The summed E-state index contributed by atoms with van der Waals surface area (Å²) in [5, 5.41) is 4.02. The van der Waals surface area contributed by atoms with Gasteiger partial charge in [0.2, 0.25) is 0 Å². The van der Waals surface area contributed by atoms with E-state index < -0.39 is 10.8 Å². The molecule has 0 saturated carbocycles. The molecule has 3 nitrogen and oxygen atoms in total. The molecule has 0 spiro atoms. The Morgan fingerprint density at radius 3 is 3.12 bits per heavy atom. The number of hydrogen-bond acceptors (Lipinski definition) is 3. The molecule has 0 aromatic carbocycles. The Hall–Kier alpha value is -0.260. The molecule has 2 atom stereocenters. The molecule has 2 rings (SSSR count). The standard InChI is InChI=1S/C11H15BrN2OS/c12-10-4-1-5-11(14-10)16(15)8-9-3-2-6-13-7-9/h1,4-5,9,13H,2-3,6-8H2/t9-,16-/m1/s1. The highest BCUT2D eigenvalue weighted by Gasteiger charge is 2.17. The first-order valence-corrected chi connectivity index (χ1v) is 7.58. The van der Waals surface area contributed by atoms with E-state index in [9.17, 15) is 4.21 Å². The molecule has 1 aliphatic rings. The maximum Gasteiger partial charge on any atom is 0.128 e. The lowest BCUT2D eigenvalue weighted by Gasteiger charge is -2.21. The monoisotopic (exact) mass is 302 g/mol. The smallest absolute Gasteiger partial charge is 0.128 e. The first-order valence-electron chi connectivity index (χ1n) is 5.47. The number of aromatic nitrogens is 1. The largest absolute Gasteiger partial charge is 0.316 e. The normalized spacial score (nSPS) is 22.9. The lowest BCUT2D eigenvalue weighted by Crippen LogP contribution is -2.32. The van der Waals surface area contributed by atoms with Crippen LogP contribution in [-0.2, 0) is 10.8 Å². The van der Waals surface area contributed by atoms with Gasteiger partial charge in [0.25, 0.3) is 0 Å². The molecule has 1 aromatic heterocycles. The fraction of sp³-hybridized carbons (Fsp3) is 0.545. The van der Waals surface area contributed by atoms with Crippen molar-refractivity contribution in [1.82, 2.24) is 10.3 Å². The molecule has 1 fully saturated rings. The minimum Gasteiger partial charge on any atom is -0.316 e. The third-order valence-corrected chi connectivity index (χ3v) is 4.62. The molecule has 1 aromatic rings. The van der Waals surface area contributed by atoms with E-state index in [0.717, 1.165) is 23.4 Å². The Bertz CT molecular complexity index is 380. The van der Waals surface area contributed by atoms with E-state index in [-0.39, 0.29) is 0 Å². The Morgan fingerprint density at radius 2 is 2.44 bits per heavy atom. The lowest BCUT2D eigenvalue weighted by atomic mass is 10.0. The van der Waals surface area contributed by atoms with Crippen LogP contribution in [0.2, 0.25) is 0 Å². The van der Waals surface area contributed by atoms with Crippen molar-refractivity contribution >= 4 is 26.7 Å². The molecule has 88 valence electrons. The summed E-state index contributed by atoms with van der Waals surface area (Å²) >= 11 is 3.30. The lowest BCUT2D eigenvalue weighted by molar-refractivity contribution is 0.408. The van der Waals surface area contributed by atoms with Crippen molar-refractivity contribution < 1.29 is 4.21 Å². The van der Waals surface area contributed by atoms with Crippen molar-refractivity contribution in [2.75, 3.05) is 18.8 Å². The van der Waals surface area contributed by atoms with Gasteiger partial charge in [-0.2, -0.15) is 0 Å². The molecule has 2 heterocycles. The van der Waals surface area contributed by atoms with E-state index >= 15 is 0 Å². The first kappa shape index (κ1) is 12.2. The van der Waals surface area contributed by atoms with Crippen LogP contribution in [0.1, 0.15) is 12.8 Å². The first-order chi connectivity index (χ1) is 7.75. The van der Waals surface area contributed by atoms with Gasteiger partial charge < -0.3 is 5.32 Å². The number of nitrogens with one attached hydrogen (secondary N) is 1. The van der Waals surface area contributed by atoms with Gasteiger partial charge in [0, 0.05) is 5.75 Å².